The van der Waals surface area contributed by atoms with Gasteiger partial charge < -0.3 is 5.73 Å². The predicted octanol–water partition coefficient (Wildman–Crippen LogP) is 0.898. The minimum atomic E-state index is 0.308. The molecule has 0 unspecified atom stereocenters. The van der Waals surface area contributed by atoms with Gasteiger partial charge in [-0.2, -0.15) is 0 Å². The molecular weight excluding hydrogens is 142 g/mol. The minimum absolute atomic E-state index is 0.308. The van der Waals surface area contributed by atoms with E-state index < -0.39 is 0 Å². The van der Waals surface area contributed by atoms with Crippen LogP contribution in [0.4, 0.5) is 5.82 Å². The zero-order valence-corrected chi connectivity index (χ0v) is 6.61. The molecule has 0 saturated carbocycles. The van der Waals surface area contributed by atoms with Crippen LogP contribution < -0.4 is 5.73 Å². The smallest absolute Gasteiger partial charge is 0.168 e. The second-order valence-corrected chi connectivity index (χ2v) is 1.49. The fraction of sp³-hybridized carbons (Fsp3) is 0.286. The normalized spacial score (nSPS) is 7.82. The van der Waals surface area contributed by atoms with Gasteiger partial charge in [-0.1, -0.05) is 13.8 Å². The van der Waals surface area contributed by atoms with Crippen molar-refractivity contribution in [1.82, 2.24) is 9.97 Å². The molecule has 0 bridgehead atoms. The van der Waals surface area contributed by atoms with Gasteiger partial charge >= 0.3 is 0 Å². The lowest BCUT2D eigenvalue weighted by molar-refractivity contribution is 0.111. The number of anilines is 1. The third-order valence-electron chi connectivity index (χ3n) is 0.830. The van der Waals surface area contributed by atoms with Crippen molar-refractivity contribution in [3.63, 3.8) is 0 Å². The van der Waals surface area contributed by atoms with E-state index in [4.69, 9.17) is 5.73 Å². The third-order valence-corrected chi connectivity index (χ3v) is 0.830. The summed E-state index contributed by atoms with van der Waals surface area (Å²) < 4.78 is 0. The van der Waals surface area contributed by atoms with Crippen molar-refractivity contribution in [1.29, 1.82) is 0 Å². The number of hydrogen-bond acceptors (Lipinski definition) is 4. The van der Waals surface area contributed by atoms with Crippen LogP contribution in [0.1, 0.15) is 24.3 Å². The molecular formula is C7H11N3O. The van der Waals surface area contributed by atoms with Crippen molar-refractivity contribution in [3.8, 4) is 0 Å². The fourth-order valence-electron chi connectivity index (χ4n) is 0.453. The molecule has 11 heavy (non-hydrogen) atoms. The molecule has 1 rings (SSSR count). The van der Waals surface area contributed by atoms with Crippen LogP contribution in [0.15, 0.2) is 12.4 Å². The number of nitrogens with two attached hydrogens (primary N) is 1. The summed E-state index contributed by atoms with van der Waals surface area (Å²) in [5, 5.41) is 0. The molecule has 0 amide bonds. The van der Waals surface area contributed by atoms with E-state index in [2.05, 4.69) is 9.97 Å². The highest BCUT2D eigenvalue weighted by molar-refractivity contribution is 5.72. The van der Waals surface area contributed by atoms with Gasteiger partial charge in [0, 0.05) is 6.07 Å². The Hall–Kier alpha value is -1.45. The molecule has 1 aromatic rings. The maximum Gasteiger partial charge on any atom is 0.168 e. The van der Waals surface area contributed by atoms with Crippen LogP contribution in [-0.2, 0) is 0 Å². The largest absolute Gasteiger partial charge is 0.384 e. The highest BCUT2D eigenvalue weighted by Gasteiger charge is 1.89. The molecule has 0 aromatic carbocycles. The maximum atomic E-state index is 10.0. The molecule has 0 fully saturated rings. The summed E-state index contributed by atoms with van der Waals surface area (Å²) in [6.07, 6.45) is 1.87. The van der Waals surface area contributed by atoms with Crippen molar-refractivity contribution in [3.05, 3.63) is 18.1 Å². The summed E-state index contributed by atoms with van der Waals surface area (Å²) in [7, 11) is 0. The molecule has 0 saturated heterocycles. The number of nitrogens with zero attached hydrogens (tertiary/aromatic N) is 2. The Labute approximate surface area is 65.5 Å². The first-order valence-corrected chi connectivity index (χ1v) is 3.35. The lowest BCUT2D eigenvalue weighted by Crippen LogP contribution is -1.93. The zero-order chi connectivity index (χ0) is 8.69. The van der Waals surface area contributed by atoms with E-state index in [1.54, 1.807) is 0 Å². The zero-order valence-electron chi connectivity index (χ0n) is 6.61. The average molecular weight is 153 g/mol. The quantitative estimate of drug-likeness (QED) is 0.608. The second-order valence-electron chi connectivity index (χ2n) is 1.49. The molecule has 4 heteroatoms. The Bertz CT molecular complexity index is 225. The third kappa shape index (κ3) is 3.30. The summed E-state index contributed by atoms with van der Waals surface area (Å²) in [6, 6.07) is 1.41. The summed E-state index contributed by atoms with van der Waals surface area (Å²) in [5.74, 6) is 0.312. The molecule has 2 N–H and O–H groups in total. The molecule has 4 nitrogen and oxygen atoms in total. The number of carbonyl (C=O) groups excluding carboxylic acids is 1. The van der Waals surface area contributed by atoms with Crippen molar-refractivity contribution in [2.24, 2.45) is 0 Å². The predicted molar refractivity (Wildman–Crippen MR) is 43.2 cm³/mol. The van der Waals surface area contributed by atoms with Gasteiger partial charge in [-0.3, -0.25) is 4.79 Å². The second kappa shape index (κ2) is 5.34. The fourth-order valence-corrected chi connectivity index (χ4v) is 0.453. The van der Waals surface area contributed by atoms with E-state index in [0.717, 1.165) is 0 Å². The molecule has 0 aliphatic carbocycles. The molecule has 0 aliphatic heterocycles. The van der Waals surface area contributed by atoms with Crippen LogP contribution >= 0.6 is 0 Å². The minimum Gasteiger partial charge on any atom is -0.384 e. The van der Waals surface area contributed by atoms with Gasteiger partial charge in [0.1, 0.15) is 17.8 Å². The van der Waals surface area contributed by atoms with Gasteiger partial charge in [0.2, 0.25) is 0 Å². The number of aldehydes is 1. The van der Waals surface area contributed by atoms with E-state index in [0.29, 0.717) is 17.8 Å². The summed E-state index contributed by atoms with van der Waals surface area (Å²) in [6.45, 7) is 4.00. The molecule has 1 heterocycles. The van der Waals surface area contributed by atoms with Crippen LogP contribution in [0.3, 0.4) is 0 Å². The van der Waals surface area contributed by atoms with Gasteiger partial charge in [0.05, 0.1) is 0 Å². The first-order chi connectivity index (χ1) is 5.33. The molecule has 1 aromatic heterocycles. The molecule has 0 atom stereocenters. The molecule has 0 spiro atoms. The van der Waals surface area contributed by atoms with E-state index in [1.165, 1.54) is 12.4 Å². The molecule has 0 radical (unpaired) electrons. The van der Waals surface area contributed by atoms with Crippen LogP contribution in [0.2, 0.25) is 0 Å². The number of nitrogen functional groups attached to an aromatic ring is 1. The lowest BCUT2D eigenvalue weighted by atomic mass is 10.4. The topological polar surface area (TPSA) is 68.9 Å². The monoisotopic (exact) mass is 153 g/mol. The van der Waals surface area contributed by atoms with Crippen molar-refractivity contribution < 1.29 is 4.79 Å². The van der Waals surface area contributed by atoms with Gasteiger partial charge in [-0.05, 0) is 0 Å². The first-order valence-electron chi connectivity index (χ1n) is 3.35. The van der Waals surface area contributed by atoms with E-state index in [9.17, 15) is 4.79 Å². The van der Waals surface area contributed by atoms with Gasteiger partial charge in [0.15, 0.2) is 6.29 Å². The van der Waals surface area contributed by atoms with Gasteiger partial charge in [0.25, 0.3) is 0 Å². The Kier molecular flexibility index (Phi) is 4.64. The van der Waals surface area contributed by atoms with E-state index >= 15 is 0 Å². The van der Waals surface area contributed by atoms with Gasteiger partial charge in [-0.25, -0.2) is 9.97 Å². The Morgan fingerprint density at radius 1 is 1.45 bits per heavy atom. The summed E-state index contributed by atoms with van der Waals surface area (Å²) in [5.41, 5.74) is 5.53. The highest BCUT2D eigenvalue weighted by atomic mass is 16.1. The van der Waals surface area contributed by atoms with Crippen LogP contribution in [-0.4, -0.2) is 16.3 Å². The molecule has 0 aliphatic rings. The number of aromatic nitrogens is 2. The van der Waals surface area contributed by atoms with Crippen LogP contribution in [0.5, 0.6) is 0 Å². The summed E-state index contributed by atoms with van der Waals surface area (Å²) in [4.78, 5) is 17.2. The number of carbonyl (C=O) groups is 1. The first kappa shape index (κ1) is 9.55. The van der Waals surface area contributed by atoms with Crippen LogP contribution in [0, 0.1) is 0 Å². The SMILES string of the molecule is CC.Nc1cc(C=O)ncn1. The number of rotatable bonds is 1. The Morgan fingerprint density at radius 2 is 2.09 bits per heavy atom. The van der Waals surface area contributed by atoms with Crippen molar-refractivity contribution in [2.75, 3.05) is 5.73 Å². The maximum absolute atomic E-state index is 10.0. The van der Waals surface area contributed by atoms with Crippen LogP contribution in [0.25, 0.3) is 0 Å². The Morgan fingerprint density at radius 3 is 2.45 bits per heavy atom. The van der Waals surface area contributed by atoms with E-state index in [1.807, 2.05) is 13.8 Å². The van der Waals surface area contributed by atoms with Crippen molar-refractivity contribution in [2.45, 2.75) is 13.8 Å². The molecule has 60 valence electrons. The highest BCUT2D eigenvalue weighted by Crippen LogP contribution is 1.93. The average Bonchev–Trinajstić information content (AvgIpc) is 2.08. The van der Waals surface area contributed by atoms with Gasteiger partial charge in [-0.15, -0.1) is 0 Å². The van der Waals surface area contributed by atoms with Crippen molar-refractivity contribution >= 4 is 12.1 Å². The number of hydrogen-bond donors (Lipinski definition) is 1. The Balaban J connectivity index is 0.000000461. The standard InChI is InChI=1S/C5H5N3O.C2H6/c6-5-1-4(2-9)7-3-8-5;1-2/h1-3H,(H2,6,7,8);1-2H3. The summed E-state index contributed by atoms with van der Waals surface area (Å²) >= 11 is 0. The lowest BCUT2D eigenvalue weighted by Gasteiger charge is -1.88. The van der Waals surface area contributed by atoms with E-state index in [-0.39, 0.29) is 0 Å².